The Balaban J connectivity index is 0.00000300. The number of amides is 1. The predicted molar refractivity (Wildman–Crippen MR) is 125 cm³/mol. The standard InChI is InChI=1S/C22H27FN4O.HI/c1-25-21(27-15-22(11-12-22)18-5-3-2-4-6-18)26-14-17(20(24)28)13-16-7-9-19(23)10-8-16;/h2-10,17H,11-15H2,1H3,(H2,24,28)(H2,25,26,27);1H. The van der Waals surface area contributed by atoms with Gasteiger partial charge in [0.25, 0.3) is 0 Å². The maximum Gasteiger partial charge on any atom is 0.222 e. The summed E-state index contributed by atoms with van der Waals surface area (Å²) in [6.07, 6.45) is 2.75. The molecule has 0 bridgehead atoms. The third kappa shape index (κ3) is 6.42. The van der Waals surface area contributed by atoms with Crippen molar-refractivity contribution in [2.24, 2.45) is 16.6 Å². The number of hydrogen-bond acceptors (Lipinski definition) is 2. The molecule has 0 aromatic heterocycles. The molecule has 0 saturated heterocycles. The van der Waals surface area contributed by atoms with E-state index in [1.807, 2.05) is 6.07 Å². The predicted octanol–water partition coefficient (Wildman–Crippen LogP) is 2.98. The van der Waals surface area contributed by atoms with Crippen LogP contribution < -0.4 is 16.4 Å². The largest absolute Gasteiger partial charge is 0.369 e. The van der Waals surface area contributed by atoms with Crippen molar-refractivity contribution in [2.45, 2.75) is 24.7 Å². The summed E-state index contributed by atoms with van der Waals surface area (Å²) in [6.45, 7) is 1.15. The second-order valence-electron chi connectivity index (χ2n) is 7.38. The molecule has 1 aliphatic rings. The summed E-state index contributed by atoms with van der Waals surface area (Å²) in [5.41, 5.74) is 7.93. The molecule has 1 amide bonds. The summed E-state index contributed by atoms with van der Waals surface area (Å²) in [6, 6.07) is 16.6. The van der Waals surface area contributed by atoms with Gasteiger partial charge < -0.3 is 16.4 Å². The van der Waals surface area contributed by atoms with Crippen LogP contribution in [0.5, 0.6) is 0 Å². The Morgan fingerprint density at radius 2 is 1.79 bits per heavy atom. The van der Waals surface area contributed by atoms with Crippen LogP contribution in [0.4, 0.5) is 4.39 Å². The molecule has 0 aliphatic heterocycles. The highest BCUT2D eigenvalue weighted by Gasteiger charge is 2.44. The van der Waals surface area contributed by atoms with Gasteiger partial charge in [0.1, 0.15) is 5.82 Å². The van der Waals surface area contributed by atoms with Gasteiger partial charge in [0, 0.05) is 25.6 Å². The van der Waals surface area contributed by atoms with Crippen LogP contribution in [0.15, 0.2) is 59.6 Å². The Morgan fingerprint density at radius 1 is 1.14 bits per heavy atom. The van der Waals surface area contributed by atoms with Crippen LogP contribution in [-0.4, -0.2) is 32.0 Å². The number of carbonyl (C=O) groups is 1. The Kier molecular flexibility index (Phi) is 8.43. The smallest absolute Gasteiger partial charge is 0.222 e. The monoisotopic (exact) mass is 510 g/mol. The summed E-state index contributed by atoms with van der Waals surface area (Å²) in [7, 11) is 1.71. The van der Waals surface area contributed by atoms with Gasteiger partial charge in [-0.2, -0.15) is 0 Å². The topological polar surface area (TPSA) is 79.5 Å². The summed E-state index contributed by atoms with van der Waals surface area (Å²) < 4.78 is 13.1. The van der Waals surface area contributed by atoms with Gasteiger partial charge in [0.2, 0.25) is 5.91 Å². The van der Waals surface area contributed by atoms with Gasteiger partial charge in [-0.1, -0.05) is 42.5 Å². The number of rotatable bonds is 8. The molecule has 1 unspecified atom stereocenters. The van der Waals surface area contributed by atoms with Crippen molar-refractivity contribution >= 4 is 35.8 Å². The van der Waals surface area contributed by atoms with Crippen LogP contribution in [0.1, 0.15) is 24.0 Å². The Bertz CT molecular complexity index is 822. The molecule has 1 aliphatic carbocycles. The average molecular weight is 510 g/mol. The van der Waals surface area contributed by atoms with Crippen LogP contribution in [0.25, 0.3) is 0 Å². The number of nitrogens with two attached hydrogens (primary N) is 1. The maximum atomic E-state index is 13.1. The number of benzene rings is 2. The van der Waals surface area contributed by atoms with E-state index < -0.39 is 11.8 Å². The molecule has 1 fully saturated rings. The van der Waals surface area contributed by atoms with Crippen molar-refractivity contribution in [3.05, 3.63) is 71.5 Å². The molecule has 4 N–H and O–H groups in total. The quantitative estimate of drug-likeness (QED) is 0.290. The third-order valence-electron chi connectivity index (χ3n) is 5.37. The number of guanidine groups is 1. The number of nitrogens with zero attached hydrogens (tertiary/aromatic N) is 1. The van der Waals surface area contributed by atoms with Gasteiger partial charge in [-0.05, 0) is 42.5 Å². The van der Waals surface area contributed by atoms with Crippen molar-refractivity contribution in [1.29, 1.82) is 0 Å². The van der Waals surface area contributed by atoms with E-state index in [4.69, 9.17) is 5.73 Å². The Labute approximate surface area is 188 Å². The minimum atomic E-state index is -0.409. The van der Waals surface area contributed by atoms with Crippen LogP contribution >= 0.6 is 24.0 Å². The molecule has 2 aromatic rings. The van der Waals surface area contributed by atoms with E-state index in [1.165, 1.54) is 17.7 Å². The lowest BCUT2D eigenvalue weighted by atomic mass is 9.96. The zero-order valence-electron chi connectivity index (χ0n) is 16.5. The molecule has 0 spiro atoms. The summed E-state index contributed by atoms with van der Waals surface area (Å²) in [5, 5.41) is 6.57. The van der Waals surface area contributed by atoms with E-state index in [2.05, 4.69) is 39.9 Å². The molecule has 0 radical (unpaired) electrons. The van der Waals surface area contributed by atoms with E-state index in [9.17, 15) is 9.18 Å². The Morgan fingerprint density at radius 3 is 2.34 bits per heavy atom. The van der Waals surface area contributed by atoms with E-state index in [0.717, 1.165) is 24.9 Å². The van der Waals surface area contributed by atoms with Gasteiger partial charge in [-0.3, -0.25) is 9.79 Å². The highest BCUT2D eigenvalue weighted by atomic mass is 127. The van der Waals surface area contributed by atoms with Crippen molar-refractivity contribution in [2.75, 3.05) is 20.1 Å². The van der Waals surface area contributed by atoms with Gasteiger partial charge in [0.15, 0.2) is 5.96 Å². The molecule has 5 nitrogen and oxygen atoms in total. The molecule has 1 atom stereocenters. The van der Waals surface area contributed by atoms with E-state index in [1.54, 1.807) is 19.2 Å². The highest BCUT2D eigenvalue weighted by Crippen LogP contribution is 2.47. The van der Waals surface area contributed by atoms with Crippen LogP contribution in [0.2, 0.25) is 0 Å². The number of hydrogen-bond donors (Lipinski definition) is 3. The lowest BCUT2D eigenvalue weighted by Crippen LogP contribution is -2.45. The van der Waals surface area contributed by atoms with E-state index >= 15 is 0 Å². The Hall–Kier alpha value is -2.16. The molecular formula is C22H28FIN4O. The van der Waals surface area contributed by atoms with Crippen molar-refractivity contribution in [3.63, 3.8) is 0 Å². The van der Waals surface area contributed by atoms with Crippen molar-refractivity contribution in [1.82, 2.24) is 10.6 Å². The number of carbonyl (C=O) groups excluding carboxylic acids is 1. The molecular weight excluding hydrogens is 482 g/mol. The molecule has 0 heterocycles. The first-order chi connectivity index (χ1) is 13.5. The van der Waals surface area contributed by atoms with E-state index in [0.29, 0.717) is 18.9 Å². The molecule has 7 heteroatoms. The minimum Gasteiger partial charge on any atom is -0.369 e. The lowest BCUT2D eigenvalue weighted by Gasteiger charge is -2.21. The van der Waals surface area contributed by atoms with Crippen LogP contribution in [0.3, 0.4) is 0 Å². The number of nitrogens with one attached hydrogen (secondary N) is 2. The fourth-order valence-corrected chi connectivity index (χ4v) is 3.38. The maximum absolute atomic E-state index is 13.1. The molecule has 2 aromatic carbocycles. The molecule has 3 rings (SSSR count). The van der Waals surface area contributed by atoms with Crippen molar-refractivity contribution in [3.8, 4) is 0 Å². The number of aliphatic imine (C=N–C) groups is 1. The molecule has 29 heavy (non-hydrogen) atoms. The van der Waals surface area contributed by atoms with Gasteiger partial charge in [-0.25, -0.2) is 4.39 Å². The van der Waals surface area contributed by atoms with Crippen LogP contribution in [0, 0.1) is 11.7 Å². The number of halogens is 2. The molecule has 1 saturated carbocycles. The fraction of sp³-hybridized carbons (Fsp3) is 0.364. The number of primary amides is 1. The second kappa shape index (κ2) is 10.6. The van der Waals surface area contributed by atoms with Crippen molar-refractivity contribution < 1.29 is 9.18 Å². The SMILES string of the molecule is CN=C(NCC(Cc1ccc(F)cc1)C(N)=O)NCC1(c2ccccc2)CC1.I. The minimum absolute atomic E-state index is 0. The first kappa shape index (κ1) is 23.1. The summed E-state index contributed by atoms with van der Waals surface area (Å²) in [4.78, 5) is 16.1. The first-order valence-corrected chi connectivity index (χ1v) is 9.56. The van der Waals surface area contributed by atoms with Gasteiger partial charge in [-0.15, -0.1) is 24.0 Å². The van der Waals surface area contributed by atoms with Crippen LogP contribution in [-0.2, 0) is 16.6 Å². The average Bonchev–Trinajstić information content (AvgIpc) is 3.50. The zero-order valence-corrected chi connectivity index (χ0v) is 18.9. The summed E-state index contributed by atoms with van der Waals surface area (Å²) >= 11 is 0. The normalized spacial score (nSPS) is 15.7. The fourth-order valence-electron chi connectivity index (χ4n) is 3.38. The third-order valence-corrected chi connectivity index (χ3v) is 5.37. The molecule has 156 valence electrons. The summed E-state index contributed by atoms with van der Waals surface area (Å²) in [5.74, 6) is -0.453. The zero-order chi connectivity index (χ0) is 20.0. The van der Waals surface area contributed by atoms with E-state index in [-0.39, 0.29) is 35.2 Å². The van der Waals surface area contributed by atoms with Gasteiger partial charge >= 0.3 is 0 Å². The lowest BCUT2D eigenvalue weighted by molar-refractivity contribution is -0.121. The second-order valence-corrected chi connectivity index (χ2v) is 7.38. The highest BCUT2D eigenvalue weighted by molar-refractivity contribution is 14.0. The first-order valence-electron chi connectivity index (χ1n) is 9.56. The van der Waals surface area contributed by atoms with Gasteiger partial charge in [0.05, 0.1) is 5.92 Å².